The lowest BCUT2D eigenvalue weighted by Gasteiger charge is -2.28. The van der Waals surface area contributed by atoms with E-state index in [0.717, 1.165) is 12.2 Å². The molecule has 1 saturated heterocycles. The first-order valence-corrected chi connectivity index (χ1v) is 5.09. The van der Waals surface area contributed by atoms with Crippen LogP contribution in [0.15, 0.2) is 18.7 Å². The zero-order valence-corrected chi connectivity index (χ0v) is 8.40. The van der Waals surface area contributed by atoms with Crippen LogP contribution < -0.4 is 10.6 Å². The van der Waals surface area contributed by atoms with Crippen molar-refractivity contribution < 1.29 is 0 Å². The van der Waals surface area contributed by atoms with Gasteiger partial charge in [-0.15, -0.1) is 0 Å². The maximum Gasteiger partial charge on any atom is 0.115 e. The highest BCUT2D eigenvalue weighted by Crippen LogP contribution is 2.12. The molecule has 1 aromatic heterocycles. The van der Waals surface area contributed by atoms with Gasteiger partial charge in [0, 0.05) is 18.6 Å². The lowest BCUT2D eigenvalue weighted by molar-refractivity contribution is 0.398. The SMILES string of the molecule is CC1CCC(Nc2cncnc2)CN1. The summed E-state index contributed by atoms with van der Waals surface area (Å²) in [6.07, 6.45) is 7.61. The Kier molecular flexibility index (Phi) is 2.93. The third-order valence-electron chi connectivity index (χ3n) is 2.59. The summed E-state index contributed by atoms with van der Waals surface area (Å²) in [4.78, 5) is 7.94. The van der Waals surface area contributed by atoms with E-state index in [1.807, 2.05) is 12.4 Å². The molecule has 0 aliphatic carbocycles. The van der Waals surface area contributed by atoms with E-state index < -0.39 is 0 Å². The molecule has 76 valence electrons. The lowest BCUT2D eigenvalue weighted by Crippen LogP contribution is -2.43. The second kappa shape index (κ2) is 4.37. The number of nitrogens with zero attached hydrogens (tertiary/aromatic N) is 2. The van der Waals surface area contributed by atoms with Crippen LogP contribution in [0.3, 0.4) is 0 Å². The van der Waals surface area contributed by atoms with E-state index in [1.54, 1.807) is 6.33 Å². The largest absolute Gasteiger partial charge is 0.379 e. The molecule has 1 fully saturated rings. The summed E-state index contributed by atoms with van der Waals surface area (Å²) in [5.41, 5.74) is 1.01. The Hall–Kier alpha value is -1.16. The average molecular weight is 192 g/mol. The van der Waals surface area contributed by atoms with E-state index >= 15 is 0 Å². The molecule has 2 unspecified atom stereocenters. The summed E-state index contributed by atoms with van der Waals surface area (Å²) in [7, 11) is 0. The number of anilines is 1. The third-order valence-corrected chi connectivity index (χ3v) is 2.59. The molecule has 0 aromatic carbocycles. The predicted octanol–water partition coefficient (Wildman–Crippen LogP) is 1.03. The Bertz CT molecular complexity index is 267. The highest BCUT2D eigenvalue weighted by Gasteiger charge is 2.16. The minimum atomic E-state index is 0.511. The van der Waals surface area contributed by atoms with Crippen molar-refractivity contribution in [3.63, 3.8) is 0 Å². The highest BCUT2D eigenvalue weighted by atomic mass is 15.0. The van der Waals surface area contributed by atoms with Crippen molar-refractivity contribution in [2.24, 2.45) is 0 Å². The van der Waals surface area contributed by atoms with Gasteiger partial charge in [-0.2, -0.15) is 0 Å². The number of hydrogen-bond acceptors (Lipinski definition) is 4. The zero-order chi connectivity index (χ0) is 9.80. The van der Waals surface area contributed by atoms with E-state index in [2.05, 4.69) is 27.5 Å². The van der Waals surface area contributed by atoms with Crippen molar-refractivity contribution in [1.82, 2.24) is 15.3 Å². The van der Waals surface area contributed by atoms with E-state index in [9.17, 15) is 0 Å². The van der Waals surface area contributed by atoms with Gasteiger partial charge in [-0.25, -0.2) is 9.97 Å². The molecule has 1 aliphatic heterocycles. The molecule has 0 radical (unpaired) electrons. The van der Waals surface area contributed by atoms with Gasteiger partial charge in [0.15, 0.2) is 0 Å². The van der Waals surface area contributed by atoms with Gasteiger partial charge in [0.25, 0.3) is 0 Å². The Morgan fingerprint density at radius 1 is 1.36 bits per heavy atom. The highest BCUT2D eigenvalue weighted by molar-refractivity contribution is 5.38. The zero-order valence-electron chi connectivity index (χ0n) is 8.40. The van der Waals surface area contributed by atoms with Gasteiger partial charge in [0.1, 0.15) is 6.33 Å². The molecule has 2 atom stereocenters. The van der Waals surface area contributed by atoms with Crippen molar-refractivity contribution in [3.8, 4) is 0 Å². The Morgan fingerprint density at radius 2 is 2.14 bits per heavy atom. The van der Waals surface area contributed by atoms with Crippen LogP contribution in [-0.4, -0.2) is 28.6 Å². The van der Waals surface area contributed by atoms with Gasteiger partial charge in [0.2, 0.25) is 0 Å². The van der Waals surface area contributed by atoms with Gasteiger partial charge < -0.3 is 10.6 Å². The third kappa shape index (κ3) is 2.42. The van der Waals surface area contributed by atoms with Crippen LogP contribution in [0.1, 0.15) is 19.8 Å². The van der Waals surface area contributed by atoms with Gasteiger partial charge >= 0.3 is 0 Å². The summed E-state index contributed by atoms with van der Waals surface area (Å²) in [5, 5.41) is 6.86. The Morgan fingerprint density at radius 3 is 2.79 bits per heavy atom. The van der Waals surface area contributed by atoms with Gasteiger partial charge in [-0.1, -0.05) is 0 Å². The summed E-state index contributed by atoms with van der Waals surface area (Å²) in [6, 6.07) is 1.16. The average Bonchev–Trinajstić information content (AvgIpc) is 2.23. The van der Waals surface area contributed by atoms with E-state index in [1.165, 1.54) is 12.8 Å². The number of hydrogen-bond donors (Lipinski definition) is 2. The van der Waals surface area contributed by atoms with E-state index in [0.29, 0.717) is 12.1 Å². The van der Waals surface area contributed by atoms with Crippen molar-refractivity contribution >= 4 is 5.69 Å². The lowest BCUT2D eigenvalue weighted by atomic mass is 10.0. The van der Waals surface area contributed by atoms with Crippen LogP contribution in [0.25, 0.3) is 0 Å². The normalized spacial score (nSPS) is 27.2. The minimum Gasteiger partial charge on any atom is -0.379 e. The van der Waals surface area contributed by atoms with Crippen LogP contribution in [-0.2, 0) is 0 Å². The molecule has 0 saturated carbocycles. The van der Waals surface area contributed by atoms with Gasteiger partial charge in [0.05, 0.1) is 18.1 Å². The smallest absolute Gasteiger partial charge is 0.115 e. The van der Waals surface area contributed by atoms with Crippen LogP contribution >= 0.6 is 0 Å². The molecule has 1 aliphatic rings. The van der Waals surface area contributed by atoms with Crippen LogP contribution in [0.4, 0.5) is 5.69 Å². The first-order chi connectivity index (χ1) is 6.84. The fraction of sp³-hybridized carbons (Fsp3) is 0.600. The predicted molar refractivity (Wildman–Crippen MR) is 56.1 cm³/mol. The topological polar surface area (TPSA) is 49.8 Å². The fourth-order valence-electron chi connectivity index (χ4n) is 1.73. The summed E-state index contributed by atoms with van der Waals surface area (Å²) in [5.74, 6) is 0. The monoisotopic (exact) mass is 192 g/mol. The van der Waals surface area contributed by atoms with E-state index in [4.69, 9.17) is 0 Å². The standard InChI is InChI=1S/C10H16N4/c1-8-2-3-9(6-13-8)14-10-4-11-7-12-5-10/h4-5,7-9,13-14H,2-3,6H2,1H3. The molecule has 2 N–H and O–H groups in total. The number of piperidine rings is 1. The van der Waals surface area contributed by atoms with Gasteiger partial charge in [-0.05, 0) is 19.8 Å². The first kappa shape index (κ1) is 9.40. The second-order valence-corrected chi connectivity index (χ2v) is 3.86. The molecular weight excluding hydrogens is 176 g/mol. The number of aromatic nitrogens is 2. The molecule has 14 heavy (non-hydrogen) atoms. The molecule has 4 heteroatoms. The Balaban J connectivity index is 1.87. The Labute approximate surface area is 84.2 Å². The van der Waals surface area contributed by atoms with Crippen LogP contribution in [0, 0.1) is 0 Å². The van der Waals surface area contributed by atoms with Crippen molar-refractivity contribution in [1.29, 1.82) is 0 Å². The molecule has 1 aromatic rings. The minimum absolute atomic E-state index is 0.511. The maximum absolute atomic E-state index is 3.97. The second-order valence-electron chi connectivity index (χ2n) is 3.86. The first-order valence-electron chi connectivity index (χ1n) is 5.09. The van der Waals surface area contributed by atoms with Crippen LogP contribution in [0.2, 0.25) is 0 Å². The van der Waals surface area contributed by atoms with E-state index in [-0.39, 0.29) is 0 Å². The molecular formula is C10H16N4. The molecule has 0 spiro atoms. The number of rotatable bonds is 2. The van der Waals surface area contributed by atoms with Crippen molar-refractivity contribution in [2.75, 3.05) is 11.9 Å². The van der Waals surface area contributed by atoms with Crippen LogP contribution in [0.5, 0.6) is 0 Å². The summed E-state index contributed by atoms with van der Waals surface area (Å²) < 4.78 is 0. The molecule has 4 nitrogen and oxygen atoms in total. The quantitative estimate of drug-likeness (QED) is 0.734. The van der Waals surface area contributed by atoms with Gasteiger partial charge in [-0.3, -0.25) is 0 Å². The summed E-state index contributed by atoms with van der Waals surface area (Å²) >= 11 is 0. The number of nitrogens with one attached hydrogen (secondary N) is 2. The molecule has 0 bridgehead atoms. The molecule has 0 amide bonds. The maximum atomic E-state index is 3.97. The molecule has 2 heterocycles. The summed E-state index contributed by atoms with van der Waals surface area (Å²) in [6.45, 7) is 3.25. The fourth-order valence-corrected chi connectivity index (χ4v) is 1.73. The molecule has 2 rings (SSSR count). The van der Waals surface area contributed by atoms with Crippen molar-refractivity contribution in [3.05, 3.63) is 18.7 Å². The van der Waals surface area contributed by atoms with Crippen molar-refractivity contribution in [2.45, 2.75) is 31.8 Å².